The number of amides is 1. The smallest absolute Gasteiger partial charge is 0.255 e. The Labute approximate surface area is 157 Å². The Morgan fingerprint density at radius 3 is 2.36 bits per heavy atom. The number of rotatable bonds is 8. The van der Waals surface area contributed by atoms with E-state index >= 15 is 0 Å². The van der Waals surface area contributed by atoms with Crippen molar-refractivity contribution in [3.8, 4) is 5.75 Å². The van der Waals surface area contributed by atoms with E-state index in [9.17, 15) is 4.79 Å². The first-order valence-electron chi connectivity index (χ1n) is 7.98. The fourth-order valence-electron chi connectivity index (χ4n) is 2.17. The minimum atomic E-state index is -0.298. The SMILES string of the molecule is CCNCc1ccc(NC(=O)c2cc(Cl)c(OCCN)c(Cl)c2)cc1. The topological polar surface area (TPSA) is 76.4 Å². The molecule has 0 heterocycles. The van der Waals surface area contributed by atoms with Crippen molar-refractivity contribution in [3.05, 3.63) is 57.6 Å². The van der Waals surface area contributed by atoms with Crippen LogP contribution in [0.3, 0.4) is 0 Å². The molecule has 2 aromatic carbocycles. The van der Waals surface area contributed by atoms with Gasteiger partial charge in [0.1, 0.15) is 6.61 Å². The fraction of sp³-hybridized carbons (Fsp3) is 0.278. The van der Waals surface area contributed by atoms with Gasteiger partial charge in [-0.15, -0.1) is 0 Å². The van der Waals surface area contributed by atoms with E-state index in [1.165, 1.54) is 12.1 Å². The first kappa shape index (κ1) is 19.5. The number of anilines is 1. The lowest BCUT2D eigenvalue weighted by Crippen LogP contribution is -2.14. The van der Waals surface area contributed by atoms with Gasteiger partial charge in [0.05, 0.1) is 10.0 Å². The van der Waals surface area contributed by atoms with Crippen molar-refractivity contribution in [2.24, 2.45) is 5.73 Å². The zero-order chi connectivity index (χ0) is 18.2. The average molecular weight is 382 g/mol. The molecule has 0 fully saturated rings. The van der Waals surface area contributed by atoms with Gasteiger partial charge >= 0.3 is 0 Å². The Kier molecular flexibility index (Phi) is 7.52. The molecule has 4 N–H and O–H groups in total. The van der Waals surface area contributed by atoms with Gasteiger partial charge < -0.3 is 21.1 Å². The molecule has 0 saturated heterocycles. The van der Waals surface area contributed by atoms with Gasteiger partial charge in [0.2, 0.25) is 0 Å². The number of hydrogen-bond acceptors (Lipinski definition) is 4. The lowest BCUT2D eigenvalue weighted by molar-refractivity contribution is 0.102. The summed E-state index contributed by atoms with van der Waals surface area (Å²) in [6.45, 7) is 4.39. The molecule has 0 saturated carbocycles. The van der Waals surface area contributed by atoms with Crippen LogP contribution in [-0.4, -0.2) is 25.6 Å². The largest absolute Gasteiger partial charge is 0.489 e. The second kappa shape index (κ2) is 9.63. The minimum Gasteiger partial charge on any atom is -0.489 e. The summed E-state index contributed by atoms with van der Waals surface area (Å²) >= 11 is 12.3. The van der Waals surface area contributed by atoms with Gasteiger partial charge in [-0.1, -0.05) is 42.3 Å². The Balaban J connectivity index is 2.07. The molecule has 2 aromatic rings. The molecule has 0 bridgehead atoms. The van der Waals surface area contributed by atoms with Crippen LogP contribution in [0.15, 0.2) is 36.4 Å². The molecule has 0 spiro atoms. The zero-order valence-corrected chi connectivity index (χ0v) is 15.5. The number of hydrogen-bond donors (Lipinski definition) is 3. The molecule has 0 aliphatic carbocycles. The van der Waals surface area contributed by atoms with Gasteiger partial charge in [0, 0.05) is 24.3 Å². The van der Waals surface area contributed by atoms with Crippen LogP contribution in [0, 0.1) is 0 Å². The highest BCUT2D eigenvalue weighted by Crippen LogP contribution is 2.34. The van der Waals surface area contributed by atoms with Crippen molar-refractivity contribution in [3.63, 3.8) is 0 Å². The van der Waals surface area contributed by atoms with E-state index in [2.05, 4.69) is 17.6 Å². The minimum absolute atomic E-state index is 0.270. The van der Waals surface area contributed by atoms with Gasteiger partial charge in [0.15, 0.2) is 5.75 Å². The third-order valence-electron chi connectivity index (χ3n) is 3.42. The number of ether oxygens (including phenoxy) is 1. The molecular weight excluding hydrogens is 361 g/mol. The van der Waals surface area contributed by atoms with Gasteiger partial charge in [-0.3, -0.25) is 4.79 Å². The summed E-state index contributed by atoms with van der Waals surface area (Å²) in [5.74, 6) is 0.0340. The van der Waals surface area contributed by atoms with Crippen LogP contribution in [-0.2, 0) is 6.54 Å². The van der Waals surface area contributed by atoms with Crippen LogP contribution in [0.1, 0.15) is 22.8 Å². The summed E-state index contributed by atoms with van der Waals surface area (Å²) in [6, 6.07) is 10.7. The Bertz CT molecular complexity index is 698. The molecule has 0 radical (unpaired) electrons. The molecule has 0 aromatic heterocycles. The van der Waals surface area contributed by atoms with Crippen LogP contribution >= 0.6 is 23.2 Å². The monoisotopic (exact) mass is 381 g/mol. The summed E-state index contributed by atoms with van der Waals surface area (Å²) in [5, 5.41) is 6.61. The molecule has 5 nitrogen and oxygen atoms in total. The maximum absolute atomic E-state index is 12.4. The van der Waals surface area contributed by atoms with Crippen LogP contribution in [0.4, 0.5) is 5.69 Å². The number of carbonyl (C=O) groups is 1. The van der Waals surface area contributed by atoms with Crippen LogP contribution in [0.25, 0.3) is 0 Å². The van der Waals surface area contributed by atoms with E-state index in [1.54, 1.807) is 0 Å². The molecule has 2 rings (SSSR count). The number of nitrogens with two attached hydrogens (primary N) is 1. The molecule has 25 heavy (non-hydrogen) atoms. The van der Waals surface area contributed by atoms with Crippen molar-refractivity contribution in [2.75, 3.05) is 25.0 Å². The van der Waals surface area contributed by atoms with Gasteiger partial charge in [-0.25, -0.2) is 0 Å². The molecule has 134 valence electrons. The van der Waals surface area contributed by atoms with E-state index < -0.39 is 0 Å². The maximum Gasteiger partial charge on any atom is 0.255 e. The molecule has 7 heteroatoms. The highest BCUT2D eigenvalue weighted by molar-refractivity contribution is 6.37. The van der Waals surface area contributed by atoms with E-state index in [-0.39, 0.29) is 16.0 Å². The molecule has 0 unspecified atom stereocenters. The first-order valence-corrected chi connectivity index (χ1v) is 8.73. The lowest BCUT2D eigenvalue weighted by Gasteiger charge is -2.12. The quantitative estimate of drug-likeness (QED) is 0.651. The summed E-state index contributed by atoms with van der Waals surface area (Å²) in [7, 11) is 0. The predicted molar refractivity (Wildman–Crippen MR) is 103 cm³/mol. The van der Waals surface area contributed by atoms with Crippen molar-refractivity contribution in [1.82, 2.24) is 5.32 Å². The fourth-order valence-corrected chi connectivity index (χ4v) is 2.76. The first-order chi connectivity index (χ1) is 12.0. The van der Waals surface area contributed by atoms with E-state index in [4.69, 9.17) is 33.7 Å². The third kappa shape index (κ3) is 5.61. The highest BCUT2D eigenvalue weighted by Gasteiger charge is 2.14. The van der Waals surface area contributed by atoms with Crippen molar-refractivity contribution in [1.29, 1.82) is 0 Å². The number of halogens is 2. The maximum atomic E-state index is 12.4. The van der Waals surface area contributed by atoms with E-state index in [1.807, 2.05) is 24.3 Å². The molecule has 0 aliphatic rings. The van der Waals surface area contributed by atoms with Gasteiger partial charge in [-0.05, 0) is 36.4 Å². The Morgan fingerprint density at radius 2 is 1.80 bits per heavy atom. The van der Waals surface area contributed by atoms with Crippen molar-refractivity contribution in [2.45, 2.75) is 13.5 Å². The van der Waals surface area contributed by atoms with Crippen molar-refractivity contribution < 1.29 is 9.53 Å². The zero-order valence-electron chi connectivity index (χ0n) is 13.9. The summed E-state index contributed by atoms with van der Waals surface area (Å²) in [6.07, 6.45) is 0. The number of benzene rings is 2. The summed E-state index contributed by atoms with van der Waals surface area (Å²) in [5.41, 5.74) is 7.59. The summed E-state index contributed by atoms with van der Waals surface area (Å²) in [4.78, 5) is 12.4. The van der Waals surface area contributed by atoms with Gasteiger partial charge in [-0.2, -0.15) is 0 Å². The highest BCUT2D eigenvalue weighted by atomic mass is 35.5. The second-order valence-corrected chi connectivity index (χ2v) is 6.15. The van der Waals surface area contributed by atoms with Gasteiger partial charge in [0.25, 0.3) is 5.91 Å². The third-order valence-corrected chi connectivity index (χ3v) is 3.98. The van der Waals surface area contributed by atoms with Crippen molar-refractivity contribution >= 4 is 34.8 Å². The van der Waals surface area contributed by atoms with E-state index in [0.717, 1.165) is 18.7 Å². The predicted octanol–water partition coefficient (Wildman–Crippen LogP) is 3.69. The molecule has 0 atom stereocenters. The Hall–Kier alpha value is -1.79. The average Bonchev–Trinajstić information content (AvgIpc) is 2.60. The molecular formula is C18H21Cl2N3O2. The van der Waals surface area contributed by atoms with Crippen LogP contribution in [0.5, 0.6) is 5.75 Å². The summed E-state index contributed by atoms with van der Waals surface area (Å²) < 4.78 is 5.39. The van der Waals surface area contributed by atoms with Crippen LogP contribution in [0.2, 0.25) is 10.0 Å². The number of carbonyl (C=O) groups excluding carboxylic acids is 1. The Morgan fingerprint density at radius 1 is 1.16 bits per heavy atom. The van der Waals surface area contributed by atoms with E-state index in [0.29, 0.717) is 30.2 Å². The normalized spacial score (nSPS) is 10.6. The lowest BCUT2D eigenvalue weighted by atomic mass is 10.1. The van der Waals surface area contributed by atoms with Crippen LogP contribution < -0.4 is 21.1 Å². The second-order valence-electron chi connectivity index (χ2n) is 5.34. The number of nitrogens with one attached hydrogen (secondary N) is 2. The molecule has 0 aliphatic heterocycles. The molecule has 1 amide bonds. The standard InChI is InChI=1S/C18H21Cl2N3O2/c1-2-22-11-12-3-5-14(6-4-12)23-18(24)13-9-15(19)17(16(20)10-13)25-8-7-21/h3-6,9-10,22H,2,7-8,11,21H2,1H3,(H,23,24).